The van der Waals surface area contributed by atoms with Crippen molar-refractivity contribution in [2.24, 2.45) is 5.41 Å². The summed E-state index contributed by atoms with van der Waals surface area (Å²) in [7, 11) is 2.71. The first-order valence-corrected chi connectivity index (χ1v) is 11.0. The number of amides is 1. The molecule has 0 aliphatic heterocycles. The van der Waals surface area contributed by atoms with E-state index in [2.05, 4.69) is 50.4 Å². The van der Waals surface area contributed by atoms with Gasteiger partial charge in [0.05, 0.1) is 12.7 Å². The molecule has 1 heterocycles. The van der Waals surface area contributed by atoms with E-state index in [-0.39, 0.29) is 5.41 Å². The number of aldehydes is 1. The monoisotopic (exact) mass is 441 g/mol. The third-order valence-electron chi connectivity index (χ3n) is 5.39. The quantitative estimate of drug-likeness (QED) is 0.531. The van der Waals surface area contributed by atoms with Crippen molar-refractivity contribution in [1.29, 1.82) is 0 Å². The highest BCUT2D eigenvalue weighted by Gasteiger charge is 2.30. The summed E-state index contributed by atoms with van der Waals surface area (Å²) in [6.07, 6.45) is 4.57. The van der Waals surface area contributed by atoms with E-state index in [1.807, 2.05) is 12.1 Å². The molecule has 0 saturated heterocycles. The van der Waals surface area contributed by atoms with Gasteiger partial charge in [0.2, 0.25) is 6.41 Å². The minimum atomic E-state index is 0.254. The molecule has 166 valence electrons. The minimum Gasteiger partial charge on any atom is -0.496 e. The third-order valence-corrected chi connectivity index (χ3v) is 6.63. The number of thiophene rings is 1. The number of aliphatic hydroxyl groups is 1. The second kappa shape index (κ2) is 11.1. The van der Waals surface area contributed by atoms with Crippen molar-refractivity contribution >= 4 is 39.8 Å². The van der Waals surface area contributed by atoms with E-state index in [1.54, 1.807) is 7.11 Å². The summed E-state index contributed by atoms with van der Waals surface area (Å²) in [5.41, 5.74) is 3.26. The van der Waals surface area contributed by atoms with E-state index >= 15 is 0 Å². The molecule has 1 aliphatic carbocycles. The van der Waals surface area contributed by atoms with Gasteiger partial charge in [0.25, 0.3) is 0 Å². The number of rotatable bonds is 4. The highest BCUT2D eigenvalue weighted by atomic mass is 32.1. The Kier molecular flexibility index (Phi) is 8.77. The Morgan fingerprint density at radius 1 is 1.13 bits per heavy atom. The molecule has 4 rings (SSSR count). The molecule has 6 heteroatoms. The zero-order valence-corrected chi connectivity index (χ0v) is 19.6. The first-order valence-electron chi connectivity index (χ1n) is 10.2. The van der Waals surface area contributed by atoms with Gasteiger partial charge in [0, 0.05) is 12.0 Å². The number of aryl methyl sites for hydroxylation is 2. The summed E-state index contributed by atoms with van der Waals surface area (Å²) in [4.78, 5) is 22.8. The second-order valence-corrected chi connectivity index (χ2v) is 9.24. The average Bonchev–Trinajstić information content (AvgIpc) is 3.10. The maximum atomic E-state index is 11.1. The van der Waals surface area contributed by atoms with Gasteiger partial charge >= 0.3 is 0 Å². The molecule has 1 aromatic heterocycles. The molecule has 2 N–H and O–H groups in total. The van der Waals surface area contributed by atoms with Crippen LogP contribution in [0.15, 0.2) is 36.4 Å². The number of hydrogen-bond donors (Lipinski definition) is 2. The first kappa shape index (κ1) is 24.6. The molecule has 0 bridgehead atoms. The normalized spacial score (nSPS) is 13.6. The fourth-order valence-corrected chi connectivity index (χ4v) is 4.92. The number of fused-ring (bicyclic) bond motifs is 2. The summed E-state index contributed by atoms with van der Waals surface area (Å²) in [6.45, 7) is 6.50. The van der Waals surface area contributed by atoms with Gasteiger partial charge in [-0.3, -0.25) is 9.59 Å². The van der Waals surface area contributed by atoms with Crippen molar-refractivity contribution in [2.45, 2.75) is 40.0 Å². The number of carbonyl (C=O) groups is 2. The van der Waals surface area contributed by atoms with Crippen LogP contribution in [-0.4, -0.2) is 32.0 Å². The number of benzene rings is 2. The average molecular weight is 442 g/mol. The second-order valence-electron chi connectivity index (χ2n) is 8.14. The SMILES string of the molecule is CC1(C)CCc2sc(NC=O)c(C=O)c2C1.CO.COc1cc2ccccc2cc1C. The maximum Gasteiger partial charge on any atom is 0.212 e. The number of nitrogens with one attached hydrogen (secondary N) is 1. The van der Waals surface area contributed by atoms with Crippen molar-refractivity contribution in [3.05, 3.63) is 58.0 Å². The van der Waals surface area contributed by atoms with Crippen LogP contribution in [0.1, 0.15) is 46.6 Å². The van der Waals surface area contributed by atoms with Crippen LogP contribution in [0.4, 0.5) is 5.00 Å². The van der Waals surface area contributed by atoms with Crippen LogP contribution in [0.5, 0.6) is 5.75 Å². The smallest absolute Gasteiger partial charge is 0.212 e. The lowest BCUT2D eigenvalue weighted by Gasteiger charge is -2.29. The van der Waals surface area contributed by atoms with Crippen LogP contribution in [0, 0.1) is 12.3 Å². The minimum absolute atomic E-state index is 0.254. The van der Waals surface area contributed by atoms with Gasteiger partial charge in [-0.2, -0.15) is 0 Å². The summed E-state index contributed by atoms with van der Waals surface area (Å²) in [6, 6.07) is 12.5. The first-order chi connectivity index (χ1) is 14.9. The Balaban J connectivity index is 0.000000208. The molecule has 0 saturated carbocycles. The number of aliphatic hydroxyl groups excluding tert-OH is 1. The van der Waals surface area contributed by atoms with E-state index in [0.717, 1.165) is 44.0 Å². The van der Waals surface area contributed by atoms with Crippen molar-refractivity contribution in [1.82, 2.24) is 0 Å². The van der Waals surface area contributed by atoms with Crippen LogP contribution < -0.4 is 10.1 Å². The van der Waals surface area contributed by atoms with Gasteiger partial charge in [-0.05, 0) is 65.6 Å². The molecular formula is C25H31NO4S. The Morgan fingerprint density at radius 2 is 1.77 bits per heavy atom. The molecule has 0 atom stereocenters. The molecule has 2 aromatic carbocycles. The molecule has 0 spiro atoms. The lowest BCUT2D eigenvalue weighted by atomic mass is 9.76. The summed E-state index contributed by atoms with van der Waals surface area (Å²) in [5, 5.41) is 12.8. The molecular weight excluding hydrogens is 410 g/mol. The zero-order chi connectivity index (χ0) is 23.0. The van der Waals surface area contributed by atoms with E-state index < -0.39 is 0 Å². The fourth-order valence-electron chi connectivity index (χ4n) is 3.78. The van der Waals surface area contributed by atoms with Gasteiger partial charge in [0.1, 0.15) is 10.8 Å². The molecule has 31 heavy (non-hydrogen) atoms. The van der Waals surface area contributed by atoms with Crippen molar-refractivity contribution in [3.8, 4) is 5.75 Å². The number of methoxy groups -OCH3 is 1. The van der Waals surface area contributed by atoms with E-state index in [1.165, 1.54) is 32.5 Å². The zero-order valence-electron chi connectivity index (χ0n) is 18.8. The van der Waals surface area contributed by atoms with Crippen molar-refractivity contribution in [3.63, 3.8) is 0 Å². The Labute approximate surface area is 188 Å². The van der Waals surface area contributed by atoms with Crippen LogP contribution in [0.25, 0.3) is 10.8 Å². The van der Waals surface area contributed by atoms with Crippen LogP contribution in [0.2, 0.25) is 0 Å². The largest absolute Gasteiger partial charge is 0.496 e. The predicted octanol–water partition coefficient (Wildman–Crippen LogP) is 5.41. The fraction of sp³-hybridized carbons (Fsp3) is 0.360. The van der Waals surface area contributed by atoms with Crippen LogP contribution in [-0.2, 0) is 17.6 Å². The molecule has 0 unspecified atom stereocenters. The predicted molar refractivity (Wildman–Crippen MR) is 129 cm³/mol. The van der Waals surface area contributed by atoms with Crippen LogP contribution in [0.3, 0.4) is 0 Å². The van der Waals surface area contributed by atoms with Crippen molar-refractivity contribution < 1.29 is 19.4 Å². The molecule has 1 amide bonds. The Morgan fingerprint density at radius 3 is 2.35 bits per heavy atom. The molecule has 0 fully saturated rings. The standard InChI is InChI=1S/C12H15NO2S.C12H12O.CH4O/c1-12(2)4-3-10-8(5-12)9(6-14)11(16-10)13-7-15;1-9-7-10-5-3-4-6-11(10)8-12(9)13-2;1-2/h6-7H,3-5H2,1-2H3,(H,13,15);3-8H,1-2H3;2H,1H3. The van der Waals surface area contributed by atoms with Gasteiger partial charge in [-0.15, -0.1) is 11.3 Å². The molecule has 1 aliphatic rings. The number of anilines is 1. The summed E-state index contributed by atoms with van der Waals surface area (Å²) in [5.74, 6) is 0.957. The Hall–Kier alpha value is -2.70. The van der Waals surface area contributed by atoms with E-state index in [0.29, 0.717) is 17.0 Å². The van der Waals surface area contributed by atoms with Gasteiger partial charge in [0.15, 0.2) is 6.29 Å². The van der Waals surface area contributed by atoms with Gasteiger partial charge < -0.3 is 15.2 Å². The van der Waals surface area contributed by atoms with Crippen molar-refractivity contribution in [2.75, 3.05) is 19.5 Å². The summed E-state index contributed by atoms with van der Waals surface area (Å²) < 4.78 is 5.25. The topological polar surface area (TPSA) is 75.6 Å². The van der Waals surface area contributed by atoms with E-state index in [9.17, 15) is 9.59 Å². The number of ether oxygens (including phenoxy) is 1. The van der Waals surface area contributed by atoms with Gasteiger partial charge in [-0.1, -0.05) is 38.1 Å². The molecule has 0 radical (unpaired) electrons. The summed E-state index contributed by atoms with van der Waals surface area (Å²) >= 11 is 1.54. The lowest BCUT2D eigenvalue weighted by molar-refractivity contribution is -0.105. The number of hydrogen-bond acceptors (Lipinski definition) is 5. The van der Waals surface area contributed by atoms with Crippen LogP contribution >= 0.6 is 11.3 Å². The maximum absolute atomic E-state index is 11.1. The van der Waals surface area contributed by atoms with Gasteiger partial charge in [-0.25, -0.2) is 0 Å². The van der Waals surface area contributed by atoms with E-state index in [4.69, 9.17) is 9.84 Å². The lowest BCUT2D eigenvalue weighted by Crippen LogP contribution is -2.21. The third kappa shape index (κ3) is 5.93. The molecule has 3 aromatic rings. The highest BCUT2D eigenvalue weighted by molar-refractivity contribution is 7.16. The molecule has 5 nitrogen and oxygen atoms in total. The number of carbonyl (C=O) groups excluding carboxylic acids is 2. The highest BCUT2D eigenvalue weighted by Crippen LogP contribution is 2.42. The Bertz CT molecular complexity index is 1040.